The summed E-state index contributed by atoms with van der Waals surface area (Å²) in [6, 6.07) is 5.54. The highest BCUT2D eigenvalue weighted by Gasteiger charge is 2.41. The molecule has 1 aromatic heterocycles. The number of carboxylic acid groups (broad SMARTS) is 1. The van der Waals surface area contributed by atoms with Crippen molar-refractivity contribution in [3.05, 3.63) is 30.1 Å². The number of rotatable bonds is 5. The van der Waals surface area contributed by atoms with Crippen molar-refractivity contribution in [3.63, 3.8) is 0 Å². The second kappa shape index (κ2) is 4.69. The first-order valence-corrected chi connectivity index (χ1v) is 7.47. The van der Waals surface area contributed by atoms with Crippen LogP contribution in [0.5, 0.6) is 0 Å². The largest absolute Gasteiger partial charge is 0.478 e. The molecule has 2 fully saturated rings. The minimum Gasteiger partial charge on any atom is -0.478 e. The van der Waals surface area contributed by atoms with E-state index in [2.05, 4.69) is 15.3 Å². The lowest BCUT2D eigenvalue weighted by atomic mass is 10.1. The van der Waals surface area contributed by atoms with Crippen molar-refractivity contribution < 1.29 is 9.90 Å². The molecule has 2 aliphatic carbocycles. The summed E-state index contributed by atoms with van der Waals surface area (Å²) in [4.78, 5) is 19.6. The van der Waals surface area contributed by atoms with Gasteiger partial charge in [0.15, 0.2) is 0 Å². The molecule has 0 amide bonds. The molecule has 5 nitrogen and oxygen atoms in total. The van der Waals surface area contributed by atoms with Gasteiger partial charge in [-0.05, 0) is 55.7 Å². The summed E-state index contributed by atoms with van der Waals surface area (Å²) in [6.07, 6.45) is 6.73. The molecule has 2 saturated carbocycles. The van der Waals surface area contributed by atoms with Gasteiger partial charge >= 0.3 is 5.97 Å². The molecule has 2 aromatic rings. The highest BCUT2D eigenvalue weighted by Crippen LogP contribution is 2.46. The predicted molar refractivity (Wildman–Crippen MR) is 79.4 cm³/mol. The van der Waals surface area contributed by atoms with Gasteiger partial charge < -0.3 is 10.4 Å². The Balaban J connectivity index is 1.69. The van der Waals surface area contributed by atoms with E-state index in [1.807, 2.05) is 0 Å². The molecule has 2 aliphatic rings. The molecule has 0 bridgehead atoms. The Morgan fingerprint density at radius 2 is 1.90 bits per heavy atom. The molecule has 0 aliphatic heterocycles. The highest BCUT2D eigenvalue weighted by molar-refractivity contribution is 5.96. The number of benzene rings is 1. The van der Waals surface area contributed by atoms with E-state index < -0.39 is 5.97 Å². The fourth-order valence-electron chi connectivity index (χ4n) is 2.99. The molecule has 0 atom stereocenters. The van der Waals surface area contributed by atoms with E-state index in [9.17, 15) is 4.79 Å². The third-order valence-electron chi connectivity index (χ3n) is 4.45. The highest BCUT2D eigenvalue weighted by atomic mass is 16.4. The Kier molecular flexibility index (Phi) is 2.80. The average Bonchev–Trinajstić information content (AvgIpc) is 3.38. The summed E-state index contributed by atoms with van der Waals surface area (Å²) >= 11 is 0. The van der Waals surface area contributed by atoms with Crippen LogP contribution < -0.4 is 5.32 Å². The van der Waals surface area contributed by atoms with Crippen molar-refractivity contribution in [2.24, 2.45) is 11.8 Å². The maximum Gasteiger partial charge on any atom is 0.335 e. The number of hydrogen-bond donors (Lipinski definition) is 2. The van der Waals surface area contributed by atoms with Crippen LogP contribution in [0.25, 0.3) is 10.9 Å². The second-order valence-electron chi connectivity index (χ2n) is 6.10. The van der Waals surface area contributed by atoms with Gasteiger partial charge in [0, 0.05) is 11.4 Å². The molecular weight excluding hydrogens is 266 g/mol. The summed E-state index contributed by atoms with van der Waals surface area (Å²) in [5.41, 5.74) is 0.936. The Morgan fingerprint density at radius 3 is 2.52 bits per heavy atom. The molecule has 1 aromatic carbocycles. The van der Waals surface area contributed by atoms with Crippen molar-refractivity contribution in [1.82, 2.24) is 9.97 Å². The fraction of sp³-hybridized carbons (Fsp3) is 0.438. The Hall–Kier alpha value is -2.17. The lowest BCUT2D eigenvalue weighted by Gasteiger charge is -2.19. The summed E-state index contributed by atoms with van der Waals surface area (Å²) in [7, 11) is 0. The standard InChI is InChI=1S/C16H17N3O2/c20-16(21)11-5-6-12-13(7-11)17-8-18-15(12)19-14(9-1-2-9)10-3-4-10/h5-10,14H,1-4H2,(H,20,21)(H,17,18,19). The van der Waals surface area contributed by atoms with Crippen molar-refractivity contribution in [2.75, 3.05) is 5.32 Å². The van der Waals surface area contributed by atoms with Crippen LogP contribution in [0.3, 0.4) is 0 Å². The number of nitrogens with one attached hydrogen (secondary N) is 1. The molecule has 2 N–H and O–H groups in total. The molecule has 0 spiro atoms. The molecule has 0 saturated heterocycles. The van der Waals surface area contributed by atoms with Crippen LogP contribution in [0.4, 0.5) is 5.82 Å². The lowest BCUT2D eigenvalue weighted by Crippen LogP contribution is -2.25. The van der Waals surface area contributed by atoms with Crippen LogP contribution in [0, 0.1) is 11.8 Å². The first kappa shape index (κ1) is 12.6. The maximum atomic E-state index is 11.0. The quantitative estimate of drug-likeness (QED) is 0.882. The number of anilines is 1. The van der Waals surface area contributed by atoms with Crippen LogP contribution in [-0.4, -0.2) is 27.1 Å². The summed E-state index contributed by atoms with van der Waals surface area (Å²) in [6.45, 7) is 0. The van der Waals surface area contributed by atoms with Crippen molar-refractivity contribution >= 4 is 22.7 Å². The maximum absolute atomic E-state index is 11.0. The van der Waals surface area contributed by atoms with Gasteiger partial charge in [-0.3, -0.25) is 0 Å². The molecule has 5 heteroatoms. The lowest BCUT2D eigenvalue weighted by molar-refractivity contribution is 0.0697. The first-order valence-electron chi connectivity index (χ1n) is 7.47. The zero-order valence-electron chi connectivity index (χ0n) is 11.6. The van der Waals surface area contributed by atoms with E-state index in [4.69, 9.17) is 5.11 Å². The molecule has 4 rings (SSSR count). The minimum absolute atomic E-state index is 0.257. The number of aromatic carboxylic acids is 1. The monoisotopic (exact) mass is 283 g/mol. The topological polar surface area (TPSA) is 75.1 Å². The summed E-state index contributed by atoms with van der Waals surface area (Å²) in [5, 5.41) is 13.6. The number of hydrogen-bond acceptors (Lipinski definition) is 4. The number of carboxylic acids is 1. The first-order chi connectivity index (χ1) is 10.2. The SMILES string of the molecule is O=C(O)c1ccc2c(NC(C3CC3)C3CC3)ncnc2c1. The van der Waals surface area contributed by atoms with Crippen LogP contribution >= 0.6 is 0 Å². The summed E-state index contributed by atoms with van der Waals surface area (Å²) in [5.74, 6) is 1.46. The van der Waals surface area contributed by atoms with Gasteiger partial charge in [-0.25, -0.2) is 14.8 Å². The Bertz CT molecular complexity index is 696. The van der Waals surface area contributed by atoms with E-state index in [0.717, 1.165) is 23.0 Å². The van der Waals surface area contributed by atoms with E-state index in [1.165, 1.54) is 32.0 Å². The zero-order valence-corrected chi connectivity index (χ0v) is 11.6. The number of aromatic nitrogens is 2. The third kappa shape index (κ3) is 2.44. The number of nitrogens with zero attached hydrogens (tertiary/aromatic N) is 2. The average molecular weight is 283 g/mol. The van der Waals surface area contributed by atoms with Gasteiger partial charge in [-0.2, -0.15) is 0 Å². The zero-order chi connectivity index (χ0) is 14.4. The van der Waals surface area contributed by atoms with E-state index in [1.54, 1.807) is 18.2 Å². The van der Waals surface area contributed by atoms with Crippen LogP contribution in [0.2, 0.25) is 0 Å². The molecule has 21 heavy (non-hydrogen) atoms. The van der Waals surface area contributed by atoms with Gasteiger partial charge in [0.05, 0.1) is 11.1 Å². The van der Waals surface area contributed by atoms with Gasteiger partial charge in [-0.1, -0.05) is 0 Å². The molecule has 0 radical (unpaired) electrons. The van der Waals surface area contributed by atoms with E-state index >= 15 is 0 Å². The summed E-state index contributed by atoms with van der Waals surface area (Å²) < 4.78 is 0. The van der Waals surface area contributed by atoms with Crippen LogP contribution in [-0.2, 0) is 0 Å². The van der Waals surface area contributed by atoms with Crippen molar-refractivity contribution in [3.8, 4) is 0 Å². The van der Waals surface area contributed by atoms with Gasteiger partial charge in [-0.15, -0.1) is 0 Å². The second-order valence-corrected chi connectivity index (χ2v) is 6.10. The number of fused-ring (bicyclic) bond motifs is 1. The van der Waals surface area contributed by atoms with Crippen LogP contribution in [0.15, 0.2) is 24.5 Å². The third-order valence-corrected chi connectivity index (χ3v) is 4.45. The Labute approximate surface area is 122 Å². The van der Waals surface area contributed by atoms with Crippen molar-refractivity contribution in [2.45, 2.75) is 31.7 Å². The normalized spacial score (nSPS) is 18.1. The molecule has 108 valence electrons. The Morgan fingerprint density at radius 1 is 1.19 bits per heavy atom. The fourth-order valence-corrected chi connectivity index (χ4v) is 2.99. The van der Waals surface area contributed by atoms with Gasteiger partial charge in [0.25, 0.3) is 0 Å². The van der Waals surface area contributed by atoms with Gasteiger partial charge in [0.1, 0.15) is 12.1 Å². The van der Waals surface area contributed by atoms with Crippen molar-refractivity contribution in [1.29, 1.82) is 0 Å². The van der Waals surface area contributed by atoms with Gasteiger partial charge in [0.2, 0.25) is 0 Å². The molecular formula is C16H17N3O2. The van der Waals surface area contributed by atoms with E-state index in [0.29, 0.717) is 11.6 Å². The molecule has 0 unspecified atom stereocenters. The molecule has 1 heterocycles. The van der Waals surface area contributed by atoms with Crippen LogP contribution in [0.1, 0.15) is 36.0 Å². The smallest absolute Gasteiger partial charge is 0.335 e. The number of carbonyl (C=O) groups is 1. The minimum atomic E-state index is -0.932. The predicted octanol–water partition coefficient (Wildman–Crippen LogP) is 2.93. The van der Waals surface area contributed by atoms with E-state index in [-0.39, 0.29) is 5.56 Å².